The predicted molar refractivity (Wildman–Crippen MR) is 85.1 cm³/mol. The third kappa shape index (κ3) is 2.64. The third-order valence-corrected chi connectivity index (χ3v) is 5.54. The van der Waals surface area contributed by atoms with Crippen molar-refractivity contribution in [2.75, 3.05) is 20.1 Å². The first-order valence-electron chi connectivity index (χ1n) is 8.16. The first-order valence-corrected chi connectivity index (χ1v) is 8.16. The number of rotatable bonds is 3. The van der Waals surface area contributed by atoms with Gasteiger partial charge in [0, 0.05) is 11.5 Å². The summed E-state index contributed by atoms with van der Waals surface area (Å²) >= 11 is 0. The molecule has 2 atom stereocenters. The minimum Gasteiger partial charge on any atom is -0.327 e. The van der Waals surface area contributed by atoms with Crippen LogP contribution in [0.25, 0.3) is 0 Å². The van der Waals surface area contributed by atoms with Gasteiger partial charge in [0.2, 0.25) is 0 Å². The van der Waals surface area contributed by atoms with Crippen molar-refractivity contribution in [1.29, 1.82) is 0 Å². The van der Waals surface area contributed by atoms with Gasteiger partial charge in [-0.05, 0) is 76.2 Å². The Morgan fingerprint density at radius 1 is 1.25 bits per heavy atom. The van der Waals surface area contributed by atoms with Crippen LogP contribution in [0.3, 0.4) is 0 Å². The molecule has 2 unspecified atom stereocenters. The van der Waals surface area contributed by atoms with E-state index in [1.807, 2.05) is 0 Å². The topological polar surface area (TPSA) is 29.3 Å². The highest BCUT2D eigenvalue weighted by molar-refractivity contribution is 5.37. The van der Waals surface area contributed by atoms with Gasteiger partial charge in [0.25, 0.3) is 0 Å². The number of likely N-dealkylation sites (tertiary alicyclic amines) is 1. The molecular formula is C18H28N2. The molecule has 0 bridgehead atoms. The van der Waals surface area contributed by atoms with E-state index in [0.29, 0.717) is 0 Å². The first kappa shape index (κ1) is 14.1. The molecule has 1 saturated carbocycles. The molecule has 1 aromatic carbocycles. The molecule has 2 aliphatic rings. The molecule has 1 aliphatic heterocycles. The fourth-order valence-electron chi connectivity index (χ4n) is 3.82. The van der Waals surface area contributed by atoms with Crippen LogP contribution in [0.5, 0.6) is 0 Å². The van der Waals surface area contributed by atoms with E-state index in [1.54, 1.807) is 5.56 Å². The summed E-state index contributed by atoms with van der Waals surface area (Å²) < 4.78 is 0. The molecule has 0 radical (unpaired) electrons. The van der Waals surface area contributed by atoms with Gasteiger partial charge in [0.05, 0.1) is 0 Å². The lowest BCUT2D eigenvalue weighted by Gasteiger charge is -2.23. The molecule has 0 aromatic heterocycles. The Bertz CT molecular complexity index is 462. The van der Waals surface area contributed by atoms with Crippen molar-refractivity contribution in [2.45, 2.75) is 56.4 Å². The van der Waals surface area contributed by atoms with Crippen LogP contribution in [-0.4, -0.2) is 31.1 Å². The van der Waals surface area contributed by atoms with E-state index in [-0.39, 0.29) is 11.5 Å². The lowest BCUT2D eigenvalue weighted by Crippen LogP contribution is -2.31. The quantitative estimate of drug-likeness (QED) is 0.915. The van der Waals surface area contributed by atoms with Gasteiger partial charge in [0.15, 0.2) is 0 Å². The van der Waals surface area contributed by atoms with Gasteiger partial charge >= 0.3 is 0 Å². The second kappa shape index (κ2) is 5.50. The van der Waals surface area contributed by atoms with E-state index < -0.39 is 0 Å². The molecule has 3 rings (SSSR count). The van der Waals surface area contributed by atoms with Crippen molar-refractivity contribution in [3.8, 4) is 0 Å². The average molecular weight is 272 g/mol. The van der Waals surface area contributed by atoms with E-state index in [9.17, 15) is 0 Å². The molecular weight excluding hydrogens is 244 g/mol. The highest BCUT2D eigenvalue weighted by Crippen LogP contribution is 2.50. The van der Waals surface area contributed by atoms with Crippen molar-refractivity contribution in [1.82, 2.24) is 4.90 Å². The van der Waals surface area contributed by atoms with E-state index in [4.69, 9.17) is 5.73 Å². The fourth-order valence-corrected chi connectivity index (χ4v) is 3.82. The van der Waals surface area contributed by atoms with Gasteiger partial charge in [-0.3, -0.25) is 0 Å². The van der Waals surface area contributed by atoms with Crippen LogP contribution < -0.4 is 5.73 Å². The summed E-state index contributed by atoms with van der Waals surface area (Å²) in [6.07, 6.45) is 6.48. The summed E-state index contributed by atoms with van der Waals surface area (Å²) in [6.45, 7) is 4.65. The molecule has 1 aromatic rings. The van der Waals surface area contributed by atoms with E-state index in [2.05, 4.69) is 43.1 Å². The SMILES string of the molecule is CC(N)C1(c2cccc(C3CCCN(C)CC3)c2)CC1. The zero-order valence-corrected chi connectivity index (χ0v) is 12.9. The summed E-state index contributed by atoms with van der Waals surface area (Å²) in [7, 11) is 2.24. The highest BCUT2D eigenvalue weighted by atomic mass is 15.1. The van der Waals surface area contributed by atoms with E-state index >= 15 is 0 Å². The van der Waals surface area contributed by atoms with E-state index in [0.717, 1.165) is 5.92 Å². The molecule has 2 N–H and O–H groups in total. The number of nitrogens with two attached hydrogens (primary N) is 1. The van der Waals surface area contributed by atoms with Gasteiger partial charge < -0.3 is 10.6 Å². The van der Waals surface area contributed by atoms with Gasteiger partial charge in [0.1, 0.15) is 0 Å². The minimum absolute atomic E-state index is 0.276. The van der Waals surface area contributed by atoms with Crippen LogP contribution in [0.4, 0.5) is 0 Å². The van der Waals surface area contributed by atoms with Crippen LogP contribution in [-0.2, 0) is 5.41 Å². The Labute approximate surface area is 123 Å². The zero-order valence-electron chi connectivity index (χ0n) is 12.9. The second-order valence-corrected chi connectivity index (χ2v) is 7.00. The number of benzene rings is 1. The van der Waals surface area contributed by atoms with Crippen molar-refractivity contribution in [2.24, 2.45) is 5.73 Å². The monoisotopic (exact) mass is 272 g/mol. The Balaban J connectivity index is 1.81. The summed E-state index contributed by atoms with van der Waals surface area (Å²) in [5.41, 5.74) is 9.55. The molecule has 20 heavy (non-hydrogen) atoms. The summed E-state index contributed by atoms with van der Waals surface area (Å²) in [4.78, 5) is 2.47. The molecule has 1 saturated heterocycles. The molecule has 2 heteroatoms. The van der Waals surface area contributed by atoms with Crippen LogP contribution in [0.15, 0.2) is 24.3 Å². The molecule has 2 fully saturated rings. The molecule has 1 aliphatic carbocycles. The average Bonchev–Trinajstić information content (AvgIpc) is 3.24. The maximum absolute atomic E-state index is 6.23. The summed E-state index contributed by atoms with van der Waals surface area (Å²) in [5.74, 6) is 0.740. The smallest absolute Gasteiger partial charge is 0.0108 e. The summed E-state index contributed by atoms with van der Waals surface area (Å²) in [6, 6.07) is 9.62. The number of hydrogen-bond acceptors (Lipinski definition) is 2. The zero-order chi connectivity index (χ0) is 14.2. The van der Waals surface area contributed by atoms with Crippen LogP contribution in [0, 0.1) is 0 Å². The lowest BCUT2D eigenvalue weighted by atomic mass is 9.85. The van der Waals surface area contributed by atoms with Gasteiger partial charge in [-0.2, -0.15) is 0 Å². The van der Waals surface area contributed by atoms with Crippen molar-refractivity contribution in [3.05, 3.63) is 35.4 Å². The van der Waals surface area contributed by atoms with Crippen LogP contribution in [0.1, 0.15) is 56.1 Å². The standard InChI is InChI=1S/C18H28N2/c1-14(19)18(9-10-18)17-7-3-5-16(13-17)15-6-4-11-20(2)12-8-15/h3,5,7,13-15H,4,6,8-12,19H2,1-2H3. The van der Waals surface area contributed by atoms with Crippen molar-refractivity contribution in [3.63, 3.8) is 0 Å². The maximum atomic E-state index is 6.23. The van der Waals surface area contributed by atoms with Gasteiger partial charge in [-0.25, -0.2) is 0 Å². The Morgan fingerprint density at radius 3 is 2.75 bits per heavy atom. The maximum Gasteiger partial charge on any atom is 0.0108 e. The highest BCUT2D eigenvalue weighted by Gasteiger charge is 2.47. The number of hydrogen-bond donors (Lipinski definition) is 1. The van der Waals surface area contributed by atoms with Gasteiger partial charge in [-0.1, -0.05) is 24.3 Å². The molecule has 0 spiro atoms. The molecule has 1 heterocycles. The molecule has 0 amide bonds. The Hall–Kier alpha value is -0.860. The van der Waals surface area contributed by atoms with Gasteiger partial charge in [-0.15, -0.1) is 0 Å². The van der Waals surface area contributed by atoms with E-state index in [1.165, 1.54) is 50.8 Å². The summed E-state index contributed by atoms with van der Waals surface area (Å²) in [5, 5.41) is 0. The third-order valence-electron chi connectivity index (χ3n) is 5.54. The van der Waals surface area contributed by atoms with Crippen molar-refractivity contribution >= 4 is 0 Å². The van der Waals surface area contributed by atoms with Crippen LogP contribution >= 0.6 is 0 Å². The van der Waals surface area contributed by atoms with Crippen LogP contribution in [0.2, 0.25) is 0 Å². The Morgan fingerprint density at radius 2 is 2.05 bits per heavy atom. The molecule has 2 nitrogen and oxygen atoms in total. The minimum atomic E-state index is 0.276. The normalized spacial score (nSPS) is 27.9. The fraction of sp³-hybridized carbons (Fsp3) is 0.667. The van der Waals surface area contributed by atoms with Crippen molar-refractivity contribution < 1.29 is 0 Å². The predicted octanol–water partition coefficient (Wildman–Crippen LogP) is 3.26. The second-order valence-electron chi connectivity index (χ2n) is 7.00. The number of nitrogens with zero attached hydrogens (tertiary/aromatic N) is 1. The largest absolute Gasteiger partial charge is 0.327 e. The Kier molecular flexibility index (Phi) is 3.87. The molecule has 110 valence electrons. The first-order chi connectivity index (χ1) is 9.62. The lowest BCUT2D eigenvalue weighted by molar-refractivity contribution is 0.347.